The molecule has 4 unspecified atom stereocenters. The number of aromatic nitrogens is 1. The topological polar surface area (TPSA) is 82.6 Å². The number of anilines is 2. The molecule has 0 bridgehead atoms. The van der Waals surface area contributed by atoms with Crippen molar-refractivity contribution in [2.45, 2.75) is 24.4 Å². The normalized spacial score (nSPS) is 32.2. The lowest BCUT2D eigenvalue weighted by Crippen LogP contribution is -2.54. The standard InChI is InChI=1S/C19H13Cl3N4O3S/c20-7-4-8-14(9(21)5-7)24-17(29)19(8)13-12(10-2-1-3-25(10)19)15(27)26(16(13)28)18-23-6-11(22)30-18/h4-6,10,12-13H,1-3H2,(H,24,29). The molecule has 6 rings (SSSR count). The van der Waals surface area contributed by atoms with Crippen LogP contribution < -0.4 is 10.2 Å². The third-order valence-electron chi connectivity index (χ3n) is 6.67. The lowest BCUT2D eigenvalue weighted by atomic mass is 9.75. The number of hydrogen-bond acceptors (Lipinski definition) is 6. The number of carbonyl (C=O) groups excluding carboxylic acids is 3. The van der Waals surface area contributed by atoms with Crippen molar-refractivity contribution >= 4 is 74.7 Å². The molecule has 0 saturated carbocycles. The molecule has 4 aliphatic heterocycles. The van der Waals surface area contributed by atoms with Gasteiger partial charge in [-0.15, -0.1) is 0 Å². The van der Waals surface area contributed by atoms with E-state index in [1.165, 1.54) is 6.20 Å². The highest BCUT2D eigenvalue weighted by molar-refractivity contribution is 7.19. The van der Waals surface area contributed by atoms with Crippen molar-refractivity contribution in [1.29, 1.82) is 0 Å². The minimum absolute atomic E-state index is 0.221. The van der Waals surface area contributed by atoms with Gasteiger partial charge in [0.25, 0.3) is 5.91 Å². The van der Waals surface area contributed by atoms with Gasteiger partial charge in [-0.25, -0.2) is 9.88 Å². The molecule has 1 aromatic carbocycles. The van der Waals surface area contributed by atoms with Gasteiger partial charge in [-0.3, -0.25) is 19.3 Å². The second-order valence-electron chi connectivity index (χ2n) is 7.90. The average Bonchev–Trinajstić information content (AvgIpc) is 3.44. The Labute approximate surface area is 189 Å². The SMILES string of the molecule is O=C1C2C3CCCN3C3(C(=O)Nc4c(Cl)cc(Cl)cc43)C2C(=O)N1c1ncc(Cl)s1. The van der Waals surface area contributed by atoms with Crippen LogP contribution in [0.5, 0.6) is 0 Å². The third kappa shape index (κ3) is 2.11. The molecule has 11 heteroatoms. The van der Waals surface area contributed by atoms with Crippen LogP contribution in [0, 0.1) is 11.8 Å². The van der Waals surface area contributed by atoms with E-state index in [9.17, 15) is 14.4 Å². The summed E-state index contributed by atoms with van der Waals surface area (Å²) in [5, 5.41) is 3.76. The van der Waals surface area contributed by atoms with Crippen molar-refractivity contribution in [3.63, 3.8) is 0 Å². The van der Waals surface area contributed by atoms with Gasteiger partial charge in [0.1, 0.15) is 9.88 Å². The van der Waals surface area contributed by atoms with Crippen LogP contribution in [0.3, 0.4) is 0 Å². The van der Waals surface area contributed by atoms with E-state index in [1.807, 2.05) is 4.90 Å². The maximum Gasteiger partial charge on any atom is 0.250 e. The molecule has 3 fully saturated rings. The molecule has 3 amide bonds. The van der Waals surface area contributed by atoms with E-state index in [2.05, 4.69) is 10.3 Å². The second kappa shape index (κ2) is 6.17. The number of thiazole rings is 1. The summed E-state index contributed by atoms with van der Waals surface area (Å²) in [7, 11) is 0. The molecule has 4 atom stereocenters. The summed E-state index contributed by atoms with van der Waals surface area (Å²) < 4.78 is 0.377. The Balaban J connectivity index is 1.59. The molecular weight excluding hydrogens is 471 g/mol. The monoisotopic (exact) mass is 482 g/mol. The first-order chi connectivity index (χ1) is 14.4. The predicted molar refractivity (Wildman–Crippen MR) is 113 cm³/mol. The molecule has 1 spiro atoms. The van der Waals surface area contributed by atoms with Gasteiger partial charge in [-0.2, -0.15) is 0 Å². The summed E-state index contributed by atoms with van der Waals surface area (Å²) in [6, 6.07) is 3.01. The average molecular weight is 484 g/mol. The van der Waals surface area contributed by atoms with Crippen LogP contribution in [0.1, 0.15) is 18.4 Å². The van der Waals surface area contributed by atoms with Gasteiger partial charge in [0.2, 0.25) is 11.8 Å². The van der Waals surface area contributed by atoms with Crippen LogP contribution in [-0.4, -0.2) is 40.2 Å². The minimum Gasteiger partial charge on any atom is -0.323 e. The maximum absolute atomic E-state index is 13.7. The summed E-state index contributed by atoms with van der Waals surface area (Å²) in [5.74, 6) is -2.64. The Morgan fingerprint density at radius 3 is 2.70 bits per heavy atom. The number of nitrogens with zero attached hydrogens (tertiary/aromatic N) is 3. The van der Waals surface area contributed by atoms with Crippen molar-refractivity contribution in [2.75, 3.05) is 16.8 Å². The lowest BCUT2D eigenvalue weighted by molar-refractivity contribution is -0.135. The number of fused-ring (bicyclic) bond motifs is 7. The highest BCUT2D eigenvalue weighted by atomic mass is 35.5. The van der Waals surface area contributed by atoms with Gasteiger partial charge < -0.3 is 5.32 Å². The molecule has 7 nitrogen and oxygen atoms in total. The largest absolute Gasteiger partial charge is 0.323 e. The van der Waals surface area contributed by atoms with Gasteiger partial charge in [0.05, 0.1) is 28.7 Å². The van der Waals surface area contributed by atoms with E-state index < -0.39 is 23.3 Å². The highest BCUT2D eigenvalue weighted by Gasteiger charge is 2.75. The third-order valence-corrected chi connectivity index (χ3v) is 8.29. The Kier molecular flexibility index (Phi) is 3.91. The number of nitrogens with one attached hydrogen (secondary N) is 1. The highest BCUT2D eigenvalue weighted by Crippen LogP contribution is 2.61. The second-order valence-corrected chi connectivity index (χ2v) is 10.4. The zero-order valence-electron chi connectivity index (χ0n) is 15.2. The molecule has 2 aromatic rings. The Hall–Kier alpha value is -1.71. The summed E-state index contributed by atoms with van der Waals surface area (Å²) in [4.78, 5) is 47.9. The quantitative estimate of drug-likeness (QED) is 0.628. The van der Waals surface area contributed by atoms with Crippen LogP contribution in [0.4, 0.5) is 10.8 Å². The minimum atomic E-state index is -1.32. The molecule has 4 aliphatic rings. The van der Waals surface area contributed by atoms with Crippen molar-refractivity contribution in [1.82, 2.24) is 9.88 Å². The number of hydrogen-bond donors (Lipinski definition) is 1. The first-order valence-electron chi connectivity index (χ1n) is 9.42. The molecular formula is C19H13Cl3N4O3S. The lowest BCUT2D eigenvalue weighted by Gasteiger charge is -2.36. The number of rotatable bonds is 1. The predicted octanol–water partition coefficient (Wildman–Crippen LogP) is 3.53. The van der Waals surface area contributed by atoms with E-state index in [0.717, 1.165) is 29.1 Å². The fourth-order valence-electron chi connectivity index (χ4n) is 5.76. The Morgan fingerprint density at radius 1 is 1.17 bits per heavy atom. The molecule has 0 radical (unpaired) electrons. The van der Waals surface area contributed by atoms with Crippen molar-refractivity contribution in [2.24, 2.45) is 11.8 Å². The summed E-state index contributed by atoms with van der Waals surface area (Å²) >= 11 is 19.7. The van der Waals surface area contributed by atoms with E-state index >= 15 is 0 Å². The Bertz CT molecular complexity index is 1170. The Morgan fingerprint density at radius 2 is 1.97 bits per heavy atom. The van der Waals surface area contributed by atoms with E-state index in [0.29, 0.717) is 32.2 Å². The zero-order chi connectivity index (χ0) is 20.9. The number of imide groups is 1. The van der Waals surface area contributed by atoms with Crippen LogP contribution in [0.25, 0.3) is 0 Å². The maximum atomic E-state index is 13.7. The molecule has 30 heavy (non-hydrogen) atoms. The van der Waals surface area contributed by atoms with Gasteiger partial charge in [0, 0.05) is 16.6 Å². The van der Waals surface area contributed by atoms with Crippen molar-refractivity contribution in [3.05, 3.63) is 38.3 Å². The van der Waals surface area contributed by atoms with Crippen LogP contribution >= 0.6 is 46.1 Å². The number of carbonyl (C=O) groups is 3. The number of amides is 3. The summed E-state index contributed by atoms with van der Waals surface area (Å²) in [6.07, 6.45) is 2.97. The van der Waals surface area contributed by atoms with Gasteiger partial charge in [-0.1, -0.05) is 46.1 Å². The van der Waals surface area contributed by atoms with E-state index in [4.69, 9.17) is 34.8 Å². The van der Waals surface area contributed by atoms with Gasteiger partial charge in [0.15, 0.2) is 5.13 Å². The molecule has 0 aliphatic carbocycles. The smallest absolute Gasteiger partial charge is 0.250 e. The molecule has 1 aromatic heterocycles. The molecule has 1 N–H and O–H groups in total. The van der Waals surface area contributed by atoms with Gasteiger partial charge in [-0.05, 0) is 31.5 Å². The van der Waals surface area contributed by atoms with E-state index in [-0.39, 0.29) is 23.0 Å². The molecule has 5 heterocycles. The number of halogens is 3. The summed E-state index contributed by atoms with van der Waals surface area (Å²) in [5.41, 5.74) is -0.309. The fourth-order valence-corrected chi connectivity index (χ4v) is 7.22. The summed E-state index contributed by atoms with van der Waals surface area (Å²) in [6.45, 7) is 0.609. The van der Waals surface area contributed by atoms with Crippen LogP contribution in [-0.2, 0) is 19.9 Å². The van der Waals surface area contributed by atoms with Crippen molar-refractivity contribution in [3.8, 4) is 0 Å². The van der Waals surface area contributed by atoms with Gasteiger partial charge >= 0.3 is 0 Å². The molecule has 3 saturated heterocycles. The van der Waals surface area contributed by atoms with E-state index in [1.54, 1.807) is 12.1 Å². The fraction of sp³-hybridized carbons (Fsp3) is 0.368. The molecule has 154 valence electrons. The van der Waals surface area contributed by atoms with Crippen LogP contribution in [0.15, 0.2) is 18.3 Å². The first-order valence-corrected chi connectivity index (χ1v) is 11.4. The van der Waals surface area contributed by atoms with Crippen molar-refractivity contribution < 1.29 is 14.4 Å². The van der Waals surface area contributed by atoms with Crippen LogP contribution in [0.2, 0.25) is 14.4 Å². The first kappa shape index (κ1) is 19.0. The number of benzene rings is 1. The zero-order valence-corrected chi connectivity index (χ0v) is 18.3.